The van der Waals surface area contributed by atoms with Gasteiger partial charge in [-0.1, -0.05) is 6.07 Å². The number of aromatic amines is 1. The fraction of sp³-hybridized carbons (Fsp3) is 0.214. The summed E-state index contributed by atoms with van der Waals surface area (Å²) in [4.78, 5) is 39.5. The molecule has 2 aliphatic heterocycles. The molecule has 4 aromatic rings. The van der Waals surface area contributed by atoms with E-state index in [-0.39, 0.29) is 11.8 Å². The van der Waals surface area contributed by atoms with Crippen molar-refractivity contribution in [3.63, 3.8) is 0 Å². The summed E-state index contributed by atoms with van der Waals surface area (Å²) in [6.45, 7) is 4.82. The number of H-pyrrole nitrogens is 1. The van der Waals surface area contributed by atoms with Gasteiger partial charge in [-0.05, 0) is 54.4 Å². The second-order valence-corrected chi connectivity index (χ2v) is 9.26. The quantitative estimate of drug-likeness (QED) is 0.374. The van der Waals surface area contributed by atoms with Crippen LogP contribution in [-0.2, 0) is 11.3 Å². The summed E-state index contributed by atoms with van der Waals surface area (Å²) in [6, 6.07) is 11.5. The van der Waals surface area contributed by atoms with Gasteiger partial charge < -0.3 is 25.3 Å². The van der Waals surface area contributed by atoms with Gasteiger partial charge >= 0.3 is 0 Å². The zero-order valence-corrected chi connectivity index (χ0v) is 20.7. The number of carbonyl (C=O) groups is 2. The molecule has 0 atom stereocenters. The molecule has 0 saturated carbocycles. The molecule has 0 spiro atoms. The van der Waals surface area contributed by atoms with E-state index in [1.165, 1.54) is 6.07 Å². The standard InChI is InChI=1S/C28H25FN6O3/c1-16-14-31-26(33-16)21-5-4-19(22-15-32-28(37)25(21)22)20-3-2-18(13-23(20)29)34-27(36)17-6-7-30-24(12-17)35-8-10-38-11-9-35/h2-7,12-14H,8-11,15H2,1H3,(H,31,33)(H,32,37)(H,34,36). The van der Waals surface area contributed by atoms with Crippen molar-refractivity contribution in [1.82, 2.24) is 20.3 Å². The zero-order chi connectivity index (χ0) is 26.2. The second-order valence-electron chi connectivity index (χ2n) is 9.26. The Balaban J connectivity index is 1.26. The minimum Gasteiger partial charge on any atom is -0.378 e. The number of pyridine rings is 1. The van der Waals surface area contributed by atoms with Crippen molar-refractivity contribution in [3.8, 4) is 22.5 Å². The summed E-state index contributed by atoms with van der Waals surface area (Å²) in [5.41, 5.74) is 4.47. The second kappa shape index (κ2) is 9.71. The van der Waals surface area contributed by atoms with Crippen molar-refractivity contribution in [3.05, 3.63) is 83.1 Å². The molecule has 2 amide bonds. The van der Waals surface area contributed by atoms with E-state index in [0.29, 0.717) is 83.6 Å². The van der Waals surface area contributed by atoms with E-state index < -0.39 is 5.82 Å². The van der Waals surface area contributed by atoms with E-state index in [1.54, 1.807) is 48.8 Å². The maximum atomic E-state index is 15.4. The van der Waals surface area contributed by atoms with Crippen LogP contribution in [0, 0.1) is 12.7 Å². The zero-order valence-electron chi connectivity index (χ0n) is 20.7. The molecule has 2 aromatic heterocycles. The Labute approximate surface area is 218 Å². The van der Waals surface area contributed by atoms with Crippen molar-refractivity contribution < 1.29 is 18.7 Å². The molecule has 0 radical (unpaired) electrons. The molecule has 2 aromatic carbocycles. The maximum absolute atomic E-state index is 15.4. The molecule has 1 fully saturated rings. The Morgan fingerprint density at radius 3 is 2.61 bits per heavy atom. The Bertz CT molecular complexity index is 1560. The summed E-state index contributed by atoms with van der Waals surface area (Å²) < 4.78 is 20.8. The fourth-order valence-electron chi connectivity index (χ4n) is 4.89. The molecule has 9 nitrogen and oxygen atoms in total. The Kier molecular flexibility index (Phi) is 6.09. The number of rotatable bonds is 5. The number of halogens is 1. The van der Waals surface area contributed by atoms with Crippen LogP contribution in [0.2, 0.25) is 0 Å². The van der Waals surface area contributed by atoms with Crippen LogP contribution in [0.4, 0.5) is 15.9 Å². The molecule has 1 saturated heterocycles. The van der Waals surface area contributed by atoms with E-state index in [2.05, 4.69) is 30.5 Å². The van der Waals surface area contributed by atoms with Crippen molar-refractivity contribution in [1.29, 1.82) is 0 Å². The van der Waals surface area contributed by atoms with Crippen molar-refractivity contribution in [2.24, 2.45) is 0 Å². The summed E-state index contributed by atoms with van der Waals surface area (Å²) in [5.74, 6) is 0.211. The van der Waals surface area contributed by atoms with Gasteiger partial charge in [0.15, 0.2) is 0 Å². The normalized spacial score (nSPS) is 14.8. The average molecular weight is 513 g/mol. The molecular weight excluding hydrogens is 487 g/mol. The summed E-state index contributed by atoms with van der Waals surface area (Å²) >= 11 is 0. The Morgan fingerprint density at radius 2 is 1.84 bits per heavy atom. The molecule has 0 bridgehead atoms. The van der Waals surface area contributed by atoms with E-state index in [4.69, 9.17) is 4.74 Å². The number of nitrogens with zero attached hydrogens (tertiary/aromatic N) is 3. The van der Waals surface area contributed by atoms with Gasteiger partial charge in [0.2, 0.25) is 0 Å². The molecule has 4 heterocycles. The summed E-state index contributed by atoms with van der Waals surface area (Å²) in [6.07, 6.45) is 3.29. The van der Waals surface area contributed by atoms with Gasteiger partial charge in [-0.15, -0.1) is 0 Å². The number of ether oxygens (including phenoxy) is 1. The predicted molar refractivity (Wildman–Crippen MR) is 141 cm³/mol. The van der Waals surface area contributed by atoms with E-state index in [1.807, 2.05) is 6.92 Å². The van der Waals surface area contributed by atoms with Crippen LogP contribution < -0.4 is 15.5 Å². The van der Waals surface area contributed by atoms with Crippen LogP contribution >= 0.6 is 0 Å². The number of anilines is 2. The molecule has 10 heteroatoms. The SMILES string of the molecule is Cc1cnc(-c2ccc(-c3ccc(NC(=O)c4ccnc(N5CCOCC5)c4)cc3F)c3c2C(=O)NC3)[nH]1. The predicted octanol–water partition coefficient (Wildman–Crippen LogP) is 3.92. The first-order chi connectivity index (χ1) is 18.5. The lowest BCUT2D eigenvalue weighted by atomic mass is 9.92. The summed E-state index contributed by atoms with van der Waals surface area (Å²) in [5, 5.41) is 5.61. The van der Waals surface area contributed by atoms with Crippen LogP contribution in [0.5, 0.6) is 0 Å². The number of benzene rings is 2. The van der Waals surface area contributed by atoms with Crippen LogP contribution in [0.3, 0.4) is 0 Å². The molecule has 38 heavy (non-hydrogen) atoms. The number of amides is 2. The third kappa shape index (κ3) is 4.39. The molecule has 2 aliphatic rings. The van der Waals surface area contributed by atoms with Crippen LogP contribution in [0.25, 0.3) is 22.5 Å². The Morgan fingerprint density at radius 1 is 1.05 bits per heavy atom. The average Bonchev–Trinajstić information content (AvgIpc) is 3.55. The number of aromatic nitrogens is 3. The van der Waals surface area contributed by atoms with Crippen LogP contribution in [0.15, 0.2) is 54.9 Å². The number of morpholine rings is 1. The molecule has 0 unspecified atom stereocenters. The minimum atomic E-state index is -0.505. The monoisotopic (exact) mass is 512 g/mol. The first-order valence-corrected chi connectivity index (χ1v) is 12.3. The minimum absolute atomic E-state index is 0.219. The van der Waals surface area contributed by atoms with Gasteiger partial charge in [-0.25, -0.2) is 14.4 Å². The number of imidazole rings is 1. The molecular formula is C28H25FN6O3. The largest absolute Gasteiger partial charge is 0.378 e. The highest BCUT2D eigenvalue weighted by atomic mass is 19.1. The van der Waals surface area contributed by atoms with Gasteiger partial charge in [0.05, 0.1) is 18.8 Å². The first kappa shape index (κ1) is 23.8. The Hall–Kier alpha value is -4.57. The topological polar surface area (TPSA) is 112 Å². The maximum Gasteiger partial charge on any atom is 0.255 e. The fourth-order valence-corrected chi connectivity index (χ4v) is 4.89. The number of fused-ring (bicyclic) bond motifs is 1. The van der Waals surface area contributed by atoms with Crippen LogP contribution in [0.1, 0.15) is 32.0 Å². The third-order valence-electron chi connectivity index (χ3n) is 6.78. The summed E-state index contributed by atoms with van der Waals surface area (Å²) in [7, 11) is 0. The number of aryl methyl sites for hydroxylation is 1. The highest BCUT2D eigenvalue weighted by Gasteiger charge is 2.28. The van der Waals surface area contributed by atoms with Crippen molar-refractivity contribution in [2.75, 3.05) is 36.5 Å². The van der Waals surface area contributed by atoms with Crippen LogP contribution in [-0.4, -0.2) is 53.1 Å². The molecule has 0 aliphatic carbocycles. The van der Waals surface area contributed by atoms with Gasteiger partial charge in [-0.2, -0.15) is 0 Å². The molecule has 6 rings (SSSR count). The first-order valence-electron chi connectivity index (χ1n) is 12.3. The highest BCUT2D eigenvalue weighted by Crippen LogP contribution is 2.37. The van der Waals surface area contributed by atoms with Crippen molar-refractivity contribution in [2.45, 2.75) is 13.5 Å². The van der Waals surface area contributed by atoms with E-state index in [0.717, 1.165) is 5.69 Å². The highest BCUT2D eigenvalue weighted by molar-refractivity contribution is 6.06. The van der Waals surface area contributed by atoms with E-state index in [9.17, 15) is 9.59 Å². The lowest BCUT2D eigenvalue weighted by Crippen LogP contribution is -2.36. The lowest BCUT2D eigenvalue weighted by molar-refractivity contribution is 0.0965. The smallest absolute Gasteiger partial charge is 0.255 e. The van der Waals surface area contributed by atoms with Gasteiger partial charge in [0.25, 0.3) is 11.8 Å². The van der Waals surface area contributed by atoms with Gasteiger partial charge in [-0.3, -0.25) is 9.59 Å². The molecule has 192 valence electrons. The van der Waals surface area contributed by atoms with E-state index >= 15 is 4.39 Å². The van der Waals surface area contributed by atoms with Crippen molar-refractivity contribution >= 4 is 23.3 Å². The number of hydrogen-bond donors (Lipinski definition) is 3. The number of hydrogen-bond acceptors (Lipinski definition) is 6. The number of nitrogens with one attached hydrogen (secondary N) is 3. The number of carbonyl (C=O) groups excluding carboxylic acids is 2. The lowest BCUT2D eigenvalue weighted by Gasteiger charge is -2.27. The third-order valence-corrected chi connectivity index (χ3v) is 6.78. The molecule has 3 N–H and O–H groups in total. The van der Waals surface area contributed by atoms with Gasteiger partial charge in [0, 0.05) is 60.1 Å². The van der Waals surface area contributed by atoms with Gasteiger partial charge in [0.1, 0.15) is 17.5 Å².